The van der Waals surface area contributed by atoms with Gasteiger partial charge in [-0.05, 0) is 56.7 Å². The van der Waals surface area contributed by atoms with Crippen molar-refractivity contribution in [1.82, 2.24) is 9.71 Å². The summed E-state index contributed by atoms with van der Waals surface area (Å²) in [4.78, 5) is 15.8. The van der Waals surface area contributed by atoms with Crippen LogP contribution in [0.15, 0.2) is 36.5 Å². The number of pyridine rings is 1. The number of rotatable bonds is 6. The van der Waals surface area contributed by atoms with Gasteiger partial charge >= 0.3 is 12.1 Å². The van der Waals surface area contributed by atoms with E-state index in [1.807, 2.05) is 0 Å². The van der Waals surface area contributed by atoms with Crippen molar-refractivity contribution in [2.24, 2.45) is 0 Å². The van der Waals surface area contributed by atoms with Gasteiger partial charge in [-0.1, -0.05) is 11.6 Å². The Bertz CT molecular complexity index is 919. The molecule has 0 amide bonds. The molecule has 0 aliphatic heterocycles. The molecule has 0 bridgehead atoms. The first-order chi connectivity index (χ1) is 13.6. The molecule has 164 valence electrons. The van der Waals surface area contributed by atoms with Crippen LogP contribution in [-0.2, 0) is 27.9 Å². The number of aliphatic carboxylic acids is 1. The Labute approximate surface area is 178 Å². The molecule has 0 spiro atoms. The van der Waals surface area contributed by atoms with E-state index in [0.717, 1.165) is 6.07 Å². The summed E-state index contributed by atoms with van der Waals surface area (Å²) in [7, 11) is 0. The van der Waals surface area contributed by atoms with Gasteiger partial charge in [-0.15, -0.1) is 4.72 Å². The van der Waals surface area contributed by atoms with Crippen molar-refractivity contribution in [3.05, 3.63) is 64.2 Å². The predicted octanol–water partition coefficient (Wildman–Crippen LogP) is 4.66. The monoisotopic (exact) mass is 466 g/mol. The fourth-order valence-electron chi connectivity index (χ4n) is 2.65. The number of nitrogens with zero attached hydrogens (tertiary/aromatic N) is 1. The molecule has 2 rings (SSSR count). The van der Waals surface area contributed by atoms with E-state index in [1.54, 1.807) is 20.8 Å². The van der Waals surface area contributed by atoms with Crippen LogP contribution in [0.5, 0.6) is 0 Å². The number of hydrogen-bond acceptors (Lipinski definition) is 4. The molecular weight excluding hydrogens is 448 g/mol. The second-order valence-electron chi connectivity index (χ2n) is 7.55. The van der Waals surface area contributed by atoms with Crippen LogP contribution >= 0.6 is 11.6 Å². The van der Waals surface area contributed by atoms with Gasteiger partial charge in [-0.3, -0.25) is 9.78 Å². The Balaban J connectivity index is 2.84. The lowest BCUT2D eigenvalue weighted by molar-refractivity contribution is -0.138. The highest BCUT2D eigenvalue weighted by Crippen LogP contribution is 2.39. The number of carbonyl (C=O) groups is 1. The molecule has 1 aromatic heterocycles. The van der Waals surface area contributed by atoms with E-state index in [0.29, 0.717) is 12.1 Å². The number of alkyl halides is 3. The molecule has 0 saturated carbocycles. The average molecular weight is 467 g/mol. The minimum Gasteiger partial charge on any atom is -0.598 e. The van der Waals surface area contributed by atoms with Crippen LogP contribution in [0.25, 0.3) is 0 Å². The molecule has 1 heterocycles. The molecule has 2 N–H and O–H groups in total. The molecule has 2 aromatic rings. The quantitative estimate of drug-likeness (QED) is 0.477. The van der Waals surface area contributed by atoms with Crippen molar-refractivity contribution < 1.29 is 32.0 Å². The zero-order valence-corrected chi connectivity index (χ0v) is 17.8. The zero-order chi connectivity index (χ0) is 22.9. The highest BCUT2D eigenvalue weighted by Gasteiger charge is 2.46. The number of benzene rings is 1. The van der Waals surface area contributed by atoms with E-state index in [-0.39, 0.29) is 16.3 Å². The van der Waals surface area contributed by atoms with Gasteiger partial charge in [-0.25, -0.2) is 4.39 Å². The van der Waals surface area contributed by atoms with E-state index in [2.05, 4.69) is 9.71 Å². The largest absolute Gasteiger partial charge is 0.598 e. The van der Waals surface area contributed by atoms with Gasteiger partial charge in [-0.2, -0.15) is 13.2 Å². The summed E-state index contributed by atoms with van der Waals surface area (Å²) in [6.45, 7) is 4.76. The summed E-state index contributed by atoms with van der Waals surface area (Å²) in [5.74, 6) is -2.66. The molecule has 5 nitrogen and oxygen atoms in total. The van der Waals surface area contributed by atoms with E-state index in [9.17, 15) is 32.0 Å². The third-order valence-corrected chi connectivity index (χ3v) is 5.99. The van der Waals surface area contributed by atoms with E-state index in [4.69, 9.17) is 11.6 Å². The number of nitrogens with one attached hydrogen (secondary N) is 1. The molecule has 1 aromatic carbocycles. The SMILES string of the molecule is CC(C)(C)[S+]([O-])N[C@](CC(=O)O)(c1cc(F)cc(C(F)(F)F)c1)c1ccc(Cl)cn1. The Morgan fingerprint density at radius 3 is 2.27 bits per heavy atom. The topological polar surface area (TPSA) is 85.3 Å². The van der Waals surface area contributed by atoms with Gasteiger partial charge < -0.3 is 9.66 Å². The van der Waals surface area contributed by atoms with Gasteiger partial charge in [0.25, 0.3) is 0 Å². The van der Waals surface area contributed by atoms with Crippen LogP contribution < -0.4 is 4.72 Å². The highest BCUT2D eigenvalue weighted by molar-refractivity contribution is 7.90. The summed E-state index contributed by atoms with van der Waals surface area (Å²) in [6, 6.07) is 4.32. The van der Waals surface area contributed by atoms with Crippen molar-refractivity contribution in [1.29, 1.82) is 0 Å². The number of carboxylic acids is 1. The van der Waals surface area contributed by atoms with Crippen LogP contribution in [0.2, 0.25) is 5.02 Å². The Hall–Kier alpha value is -1.88. The second-order valence-corrected chi connectivity index (χ2v) is 9.95. The standard InChI is InChI=1S/C19H19ClF4N2O3S/c1-17(2,3)30(29)26-18(9-16(27)28,15-5-4-13(20)10-25-15)11-6-12(19(22,23)24)8-14(21)7-11/h4-8,10,26H,9H2,1-3H3,(H,27,28)/t18-,30?/m1/s1. The van der Waals surface area contributed by atoms with Gasteiger partial charge in [0.05, 0.1) is 22.7 Å². The number of aromatic nitrogens is 1. The van der Waals surface area contributed by atoms with Crippen LogP contribution in [0.1, 0.15) is 44.0 Å². The van der Waals surface area contributed by atoms with Crippen LogP contribution in [0, 0.1) is 5.82 Å². The molecule has 0 saturated heterocycles. The van der Waals surface area contributed by atoms with Gasteiger partial charge in [0.15, 0.2) is 0 Å². The van der Waals surface area contributed by atoms with Crippen molar-refractivity contribution >= 4 is 28.9 Å². The van der Waals surface area contributed by atoms with Crippen molar-refractivity contribution in [3.8, 4) is 0 Å². The first kappa shape index (κ1) is 24.4. The van der Waals surface area contributed by atoms with E-state index < -0.39 is 51.6 Å². The van der Waals surface area contributed by atoms with Crippen LogP contribution in [0.4, 0.5) is 17.6 Å². The fraction of sp³-hybridized carbons (Fsp3) is 0.368. The number of carboxylic acid groups (broad SMARTS) is 1. The van der Waals surface area contributed by atoms with Crippen molar-refractivity contribution in [2.75, 3.05) is 0 Å². The zero-order valence-electron chi connectivity index (χ0n) is 16.2. The lowest BCUT2D eigenvalue weighted by atomic mass is 9.83. The minimum atomic E-state index is -4.89. The second kappa shape index (κ2) is 8.70. The molecule has 30 heavy (non-hydrogen) atoms. The maximum atomic E-state index is 14.2. The Kier molecular flexibility index (Phi) is 7.07. The molecule has 0 aliphatic rings. The number of hydrogen-bond donors (Lipinski definition) is 2. The van der Waals surface area contributed by atoms with Crippen molar-refractivity contribution in [3.63, 3.8) is 0 Å². The maximum Gasteiger partial charge on any atom is 0.416 e. The van der Waals surface area contributed by atoms with Gasteiger partial charge in [0, 0.05) is 17.6 Å². The molecule has 1 unspecified atom stereocenters. The first-order valence-electron chi connectivity index (χ1n) is 8.57. The van der Waals surface area contributed by atoms with Gasteiger partial charge in [0.2, 0.25) is 0 Å². The highest BCUT2D eigenvalue weighted by atomic mass is 35.5. The summed E-state index contributed by atoms with van der Waals surface area (Å²) >= 11 is 3.88. The Morgan fingerprint density at radius 2 is 1.80 bits per heavy atom. The normalized spacial score (nSPS) is 15.5. The summed E-state index contributed by atoms with van der Waals surface area (Å²) in [5.41, 5.74) is -3.81. The van der Waals surface area contributed by atoms with E-state index in [1.165, 1.54) is 18.3 Å². The minimum absolute atomic E-state index is 0.0781. The number of halogens is 5. The lowest BCUT2D eigenvalue weighted by Crippen LogP contribution is -2.53. The summed E-state index contributed by atoms with van der Waals surface area (Å²) < 4.78 is 68.7. The molecule has 11 heteroatoms. The molecular formula is C19H19ClF4N2O3S. The third-order valence-electron chi connectivity index (χ3n) is 4.12. The Morgan fingerprint density at radius 1 is 1.20 bits per heavy atom. The molecule has 0 aliphatic carbocycles. The van der Waals surface area contributed by atoms with E-state index >= 15 is 0 Å². The summed E-state index contributed by atoms with van der Waals surface area (Å²) in [6.07, 6.45) is -4.58. The third kappa shape index (κ3) is 5.63. The van der Waals surface area contributed by atoms with Crippen LogP contribution in [0.3, 0.4) is 0 Å². The summed E-state index contributed by atoms with van der Waals surface area (Å²) in [5, 5.41) is 9.72. The molecule has 0 fully saturated rings. The molecule has 0 radical (unpaired) electrons. The first-order valence-corrected chi connectivity index (χ1v) is 10.1. The average Bonchev–Trinajstić information content (AvgIpc) is 2.59. The smallest absolute Gasteiger partial charge is 0.416 e. The molecule has 2 atom stereocenters. The van der Waals surface area contributed by atoms with Crippen molar-refractivity contribution in [2.45, 2.75) is 43.7 Å². The lowest BCUT2D eigenvalue weighted by Gasteiger charge is -2.37. The van der Waals surface area contributed by atoms with Gasteiger partial charge in [0.1, 0.15) is 16.1 Å². The fourth-order valence-corrected chi connectivity index (χ4v) is 3.68. The predicted molar refractivity (Wildman–Crippen MR) is 105 cm³/mol. The van der Waals surface area contributed by atoms with Crippen LogP contribution in [-0.4, -0.2) is 25.4 Å². The maximum absolute atomic E-state index is 14.2.